The van der Waals surface area contributed by atoms with Gasteiger partial charge in [0.1, 0.15) is 11.6 Å². The number of aromatic hydroxyl groups is 1. The van der Waals surface area contributed by atoms with Gasteiger partial charge in [0.05, 0.1) is 5.56 Å². The molecule has 4 nitrogen and oxygen atoms in total. The van der Waals surface area contributed by atoms with Crippen molar-refractivity contribution in [2.75, 3.05) is 27.2 Å². The summed E-state index contributed by atoms with van der Waals surface area (Å²) in [5, 5.41) is 10.2. The Morgan fingerprint density at radius 2 is 2.00 bits per heavy atom. The Kier molecular flexibility index (Phi) is 6.30. The number of hydrogen-bond acceptors (Lipinski definition) is 4. The van der Waals surface area contributed by atoms with Crippen molar-refractivity contribution in [1.82, 2.24) is 9.80 Å². The second-order valence-corrected chi connectivity index (χ2v) is 5.69. The van der Waals surface area contributed by atoms with Crippen LogP contribution >= 0.6 is 0 Å². The lowest BCUT2D eigenvalue weighted by Gasteiger charge is -2.30. The molecular weight excluding hydrogens is 271 g/mol. The van der Waals surface area contributed by atoms with E-state index in [4.69, 9.17) is 0 Å². The maximum Gasteiger partial charge on any atom is 0.163 e. The minimum atomic E-state index is -0.496. The van der Waals surface area contributed by atoms with Crippen molar-refractivity contribution >= 4 is 5.78 Å². The number of carbonyl (C=O) groups excluding carboxylic acids is 1. The minimum absolute atomic E-state index is 0.0429. The molecule has 0 bridgehead atoms. The smallest absolute Gasteiger partial charge is 0.163 e. The van der Waals surface area contributed by atoms with Crippen LogP contribution < -0.4 is 0 Å². The maximum atomic E-state index is 13.6. The minimum Gasteiger partial charge on any atom is -0.507 e. The maximum absolute atomic E-state index is 13.6. The highest BCUT2D eigenvalue weighted by Gasteiger charge is 2.18. The highest BCUT2D eigenvalue weighted by molar-refractivity contribution is 5.97. The Hall–Kier alpha value is -1.46. The highest BCUT2D eigenvalue weighted by atomic mass is 19.1. The van der Waals surface area contributed by atoms with Crippen molar-refractivity contribution in [1.29, 1.82) is 0 Å². The third-order valence-electron chi connectivity index (χ3n) is 3.57. The van der Waals surface area contributed by atoms with E-state index in [9.17, 15) is 14.3 Å². The van der Waals surface area contributed by atoms with Gasteiger partial charge >= 0.3 is 0 Å². The number of rotatable bonds is 7. The zero-order valence-corrected chi connectivity index (χ0v) is 13.5. The lowest BCUT2D eigenvalue weighted by atomic mass is 10.0. The number of carbonyl (C=O) groups is 1. The first-order valence-electron chi connectivity index (χ1n) is 7.17. The molecule has 118 valence electrons. The molecule has 1 aromatic carbocycles. The van der Waals surface area contributed by atoms with E-state index in [2.05, 4.69) is 16.7 Å². The third kappa shape index (κ3) is 4.79. The molecule has 0 aliphatic carbocycles. The first-order chi connectivity index (χ1) is 9.76. The Labute approximate surface area is 126 Å². The first kappa shape index (κ1) is 17.6. The third-order valence-corrected chi connectivity index (χ3v) is 3.57. The number of benzene rings is 1. The topological polar surface area (TPSA) is 43.8 Å². The largest absolute Gasteiger partial charge is 0.507 e. The fourth-order valence-corrected chi connectivity index (χ4v) is 2.49. The first-order valence-corrected chi connectivity index (χ1v) is 7.17. The van der Waals surface area contributed by atoms with E-state index < -0.39 is 5.82 Å². The molecule has 0 aromatic heterocycles. The van der Waals surface area contributed by atoms with Gasteiger partial charge in [-0.1, -0.05) is 6.92 Å². The average Bonchev–Trinajstić information content (AvgIpc) is 2.37. The van der Waals surface area contributed by atoms with Crippen LogP contribution in [-0.4, -0.2) is 53.9 Å². The van der Waals surface area contributed by atoms with Gasteiger partial charge in [-0.05, 0) is 46.6 Å². The quantitative estimate of drug-likeness (QED) is 0.785. The molecule has 21 heavy (non-hydrogen) atoms. The number of ketones is 1. The summed E-state index contributed by atoms with van der Waals surface area (Å²) in [6, 6.07) is 2.64. The predicted octanol–water partition coefficient (Wildman–Crippen LogP) is 2.51. The van der Waals surface area contributed by atoms with Crippen molar-refractivity contribution in [3.63, 3.8) is 0 Å². The molecule has 1 unspecified atom stereocenters. The Morgan fingerprint density at radius 3 is 2.48 bits per heavy atom. The van der Waals surface area contributed by atoms with Crippen LogP contribution in [-0.2, 0) is 6.54 Å². The number of hydrogen-bond donors (Lipinski definition) is 1. The molecule has 0 saturated heterocycles. The summed E-state index contributed by atoms with van der Waals surface area (Å²) in [5.41, 5.74) is 0.494. The van der Waals surface area contributed by atoms with Crippen molar-refractivity contribution in [2.24, 2.45) is 0 Å². The van der Waals surface area contributed by atoms with Gasteiger partial charge in [0.25, 0.3) is 0 Å². The van der Waals surface area contributed by atoms with E-state index in [1.165, 1.54) is 13.0 Å². The fraction of sp³-hybridized carbons (Fsp3) is 0.562. The summed E-state index contributed by atoms with van der Waals surface area (Å²) in [5.74, 6) is -0.943. The van der Waals surface area contributed by atoms with E-state index in [0.29, 0.717) is 12.1 Å². The Morgan fingerprint density at radius 1 is 1.38 bits per heavy atom. The molecule has 0 saturated carbocycles. The van der Waals surface area contributed by atoms with E-state index in [1.54, 1.807) is 0 Å². The van der Waals surface area contributed by atoms with Crippen LogP contribution in [0.15, 0.2) is 12.1 Å². The predicted molar refractivity (Wildman–Crippen MR) is 82.2 cm³/mol. The van der Waals surface area contributed by atoms with Crippen LogP contribution in [0, 0.1) is 5.82 Å². The Balaban J connectivity index is 3.02. The molecule has 0 spiro atoms. The second-order valence-electron chi connectivity index (χ2n) is 5.69. The van der Waals surface area contributed by atoms with Crippen LogP contribution in [0.25, 0.3) is 0 Å². The zero-order chi connectivity index (χ0) is 16.2. The molecule has 1 rings (SSSR count). The molecule has 0 radical (unpaired) electrons. The zero-order valence-electron chi connectivity index (χ0n) is 13.5. The number of nitrogens with zero attached hydrogens (tertiary/aromatic N) is 2. The van der Waals surface area contributed by atoms with E-state index in [1.807, 2.05) is 21.0 Å². The van der Waals surface area contributed by atoms with Crippen molar-refractivity contribution in [3.05, 3.63) is 29.1 Å². The van der Waals surface area contributed by atoms with Gasteiger partial charge in [-0.3, -0.25) is 9.69 Å². The molecule has 5 heteroatoms. The molecule has 0 aliphatic rings. The molecule has 0 aliphatic heterocycles. The second kappa shape index (κ2) is 7.52. The van der Waals surface area contributed by atoms with Crippen LogP contribution in [0.2, 0.25) is 0 Å². The summed E-state index contributed by atoms with van der Waals surface area (Å²) in [6.45, 7) is 7.49. The molecular formula is C16H25FN2O2. The Bertz CT molecular complexity index is 503. The number of phenolic OH excluding ortho intramolecular Hbond substituents is 1. The normalized spacial score (nSPS) is 13.0. The van der Waals surface area contributed by atoms with E-state index >= 15 is 0 Å². The van der Waals surface area contributed by atoms with Gasteiger partial charge in [-0.25, -0.2) is 4.39 Å². The van der Waals surface area contributed by atoms with Crippen LogP contribution in [0.5, 0.6) is 5.75 Å². The average molecular weight is 296 g/mol. The van der Waals surface area contributed by atoms with Gasteiger partial charge in [-0.2, -0.15) is 0 Å². The van der Waals surface area contributed by atoms with Crippen LogP contribution in [0.1, 0.15) is 36.7 Å². The summed E-state index contributed by atoms with van der Waals surface area (Å²) in [6.07, 6.45) is 0. The summed E-state index contributed by atoms with van der Waals surface area (Å²) in [7, 11) is 4.00. The van der Waals surface area contributed by atoms with Gasteiger partial charge < -0.3 is 10.0 Å². The molecule has 0 heterocycles. The number of phenols is 1. The van der Waals surface area contributed by atoms with Gasteiger partial charge in [0.2, 0.25) is 0 Å². The summed E-state index contributed by atoms with van der Waals surface area (Å²) < 4.78 is 13.6. The highest BCUT2D eigenvalue weighted by Crippen LogP contribution is 2.26. The number of Topliss-reactive ketones (excluding diaryl/α,β-unsaturated/α-hetero) is 1. The molecule has 1 N–H and O–H groups in total. The fourth-order valence-electron chi connectivity index (χ4n) is 2.49. The van der Waals surface area contributed by atoms with Gasteiger partial charge in [0, 0.05) is 24.7 Å². The van der Waals surface area contributed by atoms with E-state index in [-0.39, 0.29) is 23.1 Å². The van der Waals surface area contributed by atoms with Crippen molar-refractivity contribution < 1.29 is 14.3 Å². The SMILES string of the molecule is CCN(Cc1cc(F)cc(C(C)=O)c1O)C(C)CN(C)C. The monoisotopic (exact) mass is 296 g/mol. The summed E-state index contributed by atoms with van der Waals surface area (Å²) >= 11 is 0. The van der Waals surface area contributed by atoms with Gasteiger partial charge in [-0.15, -0.1) is 0 Å². The number of likely N-dealkylation sites (N-methyl/N-ethyl adjacent to an activating group) is 2. The van der Waals surface area contributed by atoms with Crippen molar-refractivity contribution in [3.8, 4) is 5.75 Å². The summed E-state index contributed by atoms with van der Waals surface area (Å²) in [4.78, 5) is 15.7. The lowest BCUT2D eigenvalue weighted by Crippen LogP contribution is -2.39. The van der Waals surface area contributed by atoms with E-state index in [0.717, 1.165) is 19.2 Å². The van der Waals surface area contributed by atoms with Gasteiger partial charge in [0.15, 0.2) is 5.78 Å². The molecule has 1 atom stereocenters. The standard InChI is InChI=1S/C16H25FN2O2/c1-6-19(11(2)9-18(4)5)10-13-7-14(17)8-15(12(3)20)16(13)21/h7-8,11,21H,6,9-10H2,1-5H3. The van der Waals surface area contributed by atoms with Crippen molar-refractivity contribution in [2.45, 2.75) is 33.4 Å². The van der Waals surface area contributed by atoms with Crippen LogP contribution in [0.3, 0.4) is 0 Å². The lowest BCUT2D eigenvalue weighted by molar-refractivity contribution is 0.101. The van der Waals surface area contributed by atoms with Crippen LogP contribution in [0.4, 0.5) is 4.39 Å². The molecule has 1 aromatic rings. The number of halogens is 1. The molecule has 0 fully saturated rings. The molecule has 0 amide bonds.